The van der Waals surface area contributed by atoms with Crippen LogP contribution in [0.4, 0.5) is 0 Å². The fourth-order valence-corrected chi connectivity index (χ4v) is 4.19. The Morgan fingerprint density at radius 3 is 1.72 bits per heavy atom. The van der Waals surface area contributed by atoms with E-state index in [4.69, 9.17) is 4.74 Å². The number of methoxy groups -OCH3 is 1. The van der Waals surface area contributed by atoms with E-state index in [0.29, 0.717) is 13.1 Å². The lowest BCUT2D eigenvalue weighted by Gasteiger charge is -2.46. The van der Waals surface area contributed by atoms with Gasteiger partial charge in [0.25, 0.3) is 0 Å². The Morgan fingerprint density at radius 2 is 1.31 bits per heavy atom. The van der Waals surface area contributed by atoms with Gasteiger partial charge >= 0.3 is 5.97 Å². The van der Waals surface area contributed by atoms with Crippen molar-refractivity contribution in [3.05, 3.63) is 108 Å². The Morgan fingerprint density at radius 1 is 0.862 bits per heavy atom. The van der Waals surface area contributed by atoms with Crippen molar-refractivity contribution in [1.29, 1.82) is 0 Å². The summed E-state index contributed by atoms with van der Waals surface area (Å²) >= 11 is 0. The molecule has 0 radical (unpaired) electrons. The summed E-state index contributed by atoms with van der Waals surface area (Å²) < 4.78 is 5.03. The Hall–Kier alpha value is -3.40. The minimum absolute atomic E-state index is 0.227. The number of ether oxygens (including phenoxy) is 1. The Balaban J connectivity index is 1.97. The molecule has 0 bridgehead atoms. The van der Waals surface area contributed by atoms with E-state index in [1.54, 1.807) is 0 Å². The first-order valence-electron chi connectivity index (χ1n) is 9.78. The summed E-state index contributed by atoms with van der Waals surface area (Å²) in [5.74, 6) is -0.532. The minimum atomic E-state index is -0.611. The third kappa shape index (κ3) is 3.42. The maximum absolute atomic E-state index is 12.3. The van der Waals surface area contributed by atoms with Gasteiger partial charge in [-0.25, -0.2) is 0 Å². The van der Waals surface area contributed by atoms with Gasteiger partial charge < -0.3 is 9.64 Å². The summed E-state index contributed by atoms with van der Waals surface area (Å²) in [5.41, 5.74) is 2.75. The van der Waals surface area contributed by atoms with Gasteiger partial charge in [0.05, 0.1) is 25.9 Å². The van der Waals surface area contributed by atoms with Crippen molar-refractivity contribution < 1.29 is 9.53 Å². The summed E-state index contributed by atoms with van der Waals surface area (Å²) in [5, 5.41) is 0. The lowest BCUT2D eigenvalue weighted by Crippen LogP contribution is -2.52. The van der Waals surface area contributed by atoms with E-state index in [1.165, 1.54) is 7.11 Å². The average molecular weight is 384 g/mol. The SMILES string of the molecule is COC(=O)C1CN=CN(C(c2ccccc2)(c2ccccc2)c2ccccc2)C1. The summed E-state index contributed by atoms with van der Waals surface area (Å²) in [6, 6.07) is 31.2. The van der Waals surface area contributed by atoms with E-state index in [-0.39, 0.29) is 11.9 Å². The summed E-state index contributed by atoms with van der Waals surface area (Å²) in [7, 11) is 1.43. The van der Waals surface area contributed by atoms with E-state index in [2.05, 4.69) is 82.7 Å². The standard InChI is InChI=1S/C25H24N2O2/c1-29-24(28)20-17-26-19-27(18-20)25(21-11-5-2-6-12-21,22-13-7-3-8-14-22)23-15-9-4-10-16-23/h2-16,19-20H,17-18H2,1H3. The molecule has 0 aliphatic carbocycles. The number of aliphatic imine (C=N–C) groups is 1. The van der Waals surface area contributed by atoms with Crippen molar-refractivity contribution in [2.75, 3.05) is 20.2 Å². The van der Waals surface area contributed by atoms with Gasteiger partial charge in [0.1, 0.15) is 5.54 Å². The van der Waals surface area contributed by atoms with Crippen LogP contribution in [0.1, 0.15) is 16.7 Å². The number of carbonyl (C=O) groups excluding carboxylic acids is 1. The monoisotopic (exact) mass is 384 g/mol. The van der Waals surface area contributed by atoms with E-state index in [9.17, 15) is 4.79 Å². The number of esters is 1. The molecule has 4 nitrogen and oxygen atoms in total. The third-order valence-electron chi connectivity index (χ3n) is 5.50. The van der Waals surface area contributed by atoms with Crippen LogP contribution < -0.4 is 0 Å². The number of rotatable bonds is 5. The second kappa shape index (κ2) is 8.31. The van der Waals surface area contributed by atoms with E-state index >= 15 is 0 Å². The summed E-state index contributed by atoms with van der Waals surface area (Å²) in [4.78, 5) is 19.1. The maximum atomic E-state index is 12.3. The molecule has 0 fully saturated rings. The van der Waals surface area contributed by atoms with Crippen molar-refractivity contribution in [2.24, 2.45) is 10.9 Å². The highest BCUT2D eigenvalue weighted by Gasteiger charge is 2.43. The van der Waals surface area contributed by atoms with Crippen LogP contribution in [0.5, 0.6) is 0 Å². The zero-order valence-corrected chi connectivity index (χ0v) is 16.4. The minimum Gasteiger partial charge on any atom is -0.469 e. The molecule has 146 valence electrons. The van der Waals surface area contributed by atoms with Gasteiger partial charge in [0.15, 0.2) is 0 Å². The highest BCUT2D eigenvalue weighted by Crippen LogP contribution is 2.42. The second-order valence-corrected chi connectivity index (χ2v) is 7.16. The molecule has 0 N–H and O–H groups in total. The average Bonchev–Trinajstić information content (AvgIpc) is 2.81. The normalized spacial score (nSPS) is 16.4. The number of hydrogen-bond acceptors (Lipinski definition) is 4. The highest BCUT2D eigenvalue weighted by atomic mass is 16.5. The zero-order valence-electron chi connectivity index (χ0n) is 16.4. The highest BCUT2D eigenvalue weighted by molar-refractivity contribution is 5.75. The first-order valence-corrected chi connectivity index (χ1v) is 9.78. The Bertz CT molecular complexity index is 875. The molecule has 1 aliphatic rings. The largest absolute Gasteiger partial charge is 0.469 e. The molecule has 1 heterocycles. The molecule has 3 aromatic carbocycles. The quantitative estimate of drug-likeness (QED) is 0.491. The topological polar surface area (TPSA) is 41.9 Å². The predicted octanol–water partition coefficient (Wildman–Crippen LogP) is 4.11. The molecule has 1 atom stereocenters. The molecule has 3 aromatic rings. The molecule has 1 aliphatic heterocycles. The molecule has 0 amide bonds. The fourth-order valence-electron chi connectivity index (χ4n) is 4.19. The third-order valence-corrected chi connectivity index (χ3v) is 5.50. The van der Waals surface area contributed by atoms with Crippen molar-refractivity contribution in [1.82, 2.24) is 4.90 Å². The molecule has 4 rings (SSSR count). The molecule has 0 saturated heterocycles. The molecular formula is C25H24N2O2. The lowest BCUT2D eigenvalue weighted by molar-refractivity contribution is -0.145. The van der Waals surface area contributed by atoms with Crippen LogP contribution in [0, 0.1) is 5.92 Å². The maximum Gasteiger partial charge on any atom is 0.312 e. The number of benzene rings is 3. The van der Waals surface area contributed by atoms with Gasteiger partial charge in [-0.05, 0) is 16.7 Å². The van der Waals surface area contributed by atoms with Crippen LogP contribution >= 0.6 is 0 Å². The Kier molecular flexibility index (Phi) is 5.43. The van der Waals surface area contributed by atoms with Crippen LogP contribution in [-0.2, 0) is 15.1 Å². The van der Waals surface area contributed by atoms with Gasteiger partial charge in [0.2, 0.25) is 0 Å². The van der Waals surface area contributed by atoms with Gasteiger partial charge in [-0.2, -0.15) is 0 Å². The first kappa shape index (κ1) is 18.9. The summed E-state index contributed by atoms with van der Waals surface area (Å²) in [6.07, 6.45) is 1.88. The van der Waals surface area contributed by atoms with Crippen molar-refractivity contribution in [3.63, 3.8) is 0 Å². The summed E-state index contributed by atoms with van der Waals surface area (Å²) in [6.45, 7) is 0.965. The number of nitrogens with zero attached hydrogens (tertiary/aromatic N) is 2. The zero-order chi connectivity index (χ0) is 20.1. The number of carbonyl (C=O) groups is 1. The Labute approximate surface area is 171 Å². The lowest BCUT2D eigenvalue weighted by atomic mass is 9.75. The van der Waals surface area contributed by atoms with Gasteiger partial charge in [0, 0.05) is 6.54 Å². The van der Waals surface area contributed by atoms with E-state index < -0.39 is 5.54 Å². The van der Waals surface area contributed by atoms with Crippen LogP contribution in [0.3, 0.4) is 0 Å². The van der Waals surface area contributed by atoms with Crippen LogP contribution in [0.2, 0.25) is 0 Å². The molecular weight excluding hydrogens is 360 g/mol. The second-order valence-electron chi connectivity index (χ2n) is 7.16. The molecule has 0 saturated carbocycles. The van der Waals surface area contributed by atoms with Crippen LogP contribution in [-0.4, -0.2) is 37.4 Å². The van der Waals surface area contributed by atoms with Crippen LogP contribution in [0.25, 0.3) is 0 Å². The molecule has 1 unspecified atom stereocenters. The van der Waals surface area contributed by atoms with Gasteiger partial charge in [-0.15, -0.1) is 0 Å². The fraction of sp³-hybridized carbons (Fsp3) is 0.200. The predicted molar refractivity (Wildman–Crippen MR) is 115 cm³/mol. The molecule has 0 spiro atoms. The van der Waals surface area contributed by atoms with Crippen molar-refractivity contribution >= 4 is 12.3 Å². The molecule has 4 heteroatoms. The first-order chi connectivity index (χ1) is 14.3. The van der Waals surface area contributed by atoms with Gasteiger partial charge in [-0.3, -0.25) is 9.79 Å². The van der Waals surface area contributed by atoms with E-state index in [1.807, 2.05) is 24.5 Å². The number of hydrogen-bond donors (Lipinski definition) is 0. The van der Waals surface area contributed by atoms with Crippen molar-refractivity contribution in [3.8, 4) is 0 Å². The van der Waals surface area contributed by atoms with E-state index in [0.717, 1.165) is 16.7 Å². The smallest absolute Gasteiger partial charge is 0.312 e. The van der Waals surface area contributed by atoms with Crippen molar-refractivity contribution in [2.45, 2.75) is 5.54 Å². The molecule has 29 heavy (non-hydrogen) atoms. The van der Waals surface area contributed by atoms with Crippen LogP contribution in [0.15, 0.2) is 96.0 Å². The molecule has 0 aromatic heterocycles. The van der Waals surface area contributed by atoms with Gasteiger partial charge in [-0.1, -0.05) is 91.0 Å².